The van der Waals surface area contributed by atoms with E-state index in [2.05, 4.69) is 19.3 Å². The molecule has 0 heterocycles. The number of allylic oxidation sites excluding steroid dienone is 2. The molecule has 1 N–H and O–H groups in total. The monoisotopic (exact) mass is 373 g/mol. The first-order chi connectivity index (χ1) is 11.5. The summed E-state index contributed by atoms with van der Waals surface area (Å²) in [4.78, 5) is 30.4. The van der Waals surface area contributed by atoms with Crippen LogP contribution in [0.15, 0.2) is 22.9 Å². The van der Waals surface area contributed by atoms with Gasteiger partial charge in [-0.25, -0.2) is 0 Å². The molecule has 0 radical (unpaired) electrons. The van der Waals surface area contributed by atoms with E-state index in [9.17, 15) is 9.59 Å². The van der Waals surface area contributed by atoms with Crippen LogP contribution >= 0.6 is 23.4 Å². The second-order valence-electron chi connectivity index (χ2n) is 6.00. The number of hydroxylamine groups is 1. The summed E-state index contributed by atoms with van der Waals surface area (Å²) in [6.07, 6.45) is 4.89. The van der Waals surface area contributed by atoms with E-state index in [-0.39, 0.29) is 24.1 Å². The van der Waals surface area contributed by atoms with Gasteiger partial charge in [-0.05, 0) is 30.6 Å². The van der Waals surface area contributed by atoms with Crippen molar-refractivity contribution in [2.75, 3.05) is 12.4 Å². The lowest BCUT2D eigenvalue weighted by atomic mass is 9.80. The van der Waals surface area contributed by atoms with E-state index in [0.717, 1.165) is 18.6 Å². The van der Waals surface area contributed by atoms with Crippen molar-refractivity contribution >= 4 is 34.9 Å². The van der Waals surface area contributed by atoms with Crippen LogP contribution in [-0.4, -0.2) is 29.2 Å². The molecule has 0 amide bonds. The minimum atomic E-state index is -0.0580. The minimum absolute atomic E-state index is 0.0580. The molecule has 1 aliphatic rings. The second-order valence-corrected chi connectivity index (χ2v) is 7.97. The van der Waals surface area contributed by atoms with Crippen molar-refractivity contribution < 1.29 is 14.4 Å². The van der Waals surface area contributed by atoms with E-state index in [4.69, 9.17) is 16.4 Å². The summed E-state index contributed by atoms with van der Waals surface area (Å²) >= 11 is 7.32. The van der Waals surface area contributed by atoms with E-state index in [1.807, 2.05) is 18.7 Å². The smallest absolute Gasteiger partial charge is 0.168 e. The van der Waals surface area contributed by atoms with Crippen LogP contribution in [0.3, 0.4) is 0 Å². The van der Waals surface area contributed by atoms with Gasteiger partial charge in [-0.1, -0.05) is 38.8 Å². The van der Waals surface area contributed by atoms with Crippen molar-refractivity contribution in [1.29, 1.82) is 0 Å². The first-order valence-electron chi connectivity index (χ1n) is 8.57. The molecule has 136 valence electrons. The number of rotatable bonds is 10. The molecule has 1 saturated carbocycles. The van der Waals surface area contributed by atoms with Gasteiger partial charge in [-0.3, -0.25) is 19.9 Å². The number of thioether (sulfide) groups is 1. The molecule has 1 rings (SSSR count). The topological polar surface area (TPSA) is 55.4 Å². The van der Waals surface area contributed by atoms with Gasteiger partial charge < -0.3 is 0 Å². The molecule has 4 nitrogen and oxygen atoms in total. The lowest BCUT2D eigenvalue weighted by Gasteiger charge is -2.26. The van der Waals surface area contributed by atoms with Crippen LogP contribution < -0.4 is 5.48 Å². The Morgan fingerprint density at radius 3 is 2.58 bits per heavy atom. The van der Waals surface area contributed by atoms with Crippen molar-refractivity contribution in [3.8, 4) is 0 Å². The highest BCUT2D eigenvalue weighted by molar-refractivity contribution is 7.99. The number of hydrogen-bond donors (Lipinski definition) is 1. The second kappa shape index (κ2) is 11.7. The maximum Gasteiger partial charge on any atom is 0.168 e. The Balaban J connectivity index is 2.78. The summed E-state index contributed by atoms with van der Waals surface area (Å²) in [6, 6.07) is 0. The van der Waals surface area contributed by atoms with Crippen molar-refractivity contribution in [3.05, 3.63) is 22.9 Å². The zero-order valence-corrected chi connectivity index (χ0v) is 16.3. The molecule has 0 bridgehead atoms. The Hall–Kier alpha value is -0.780. The summed E-state index contributed by atoms with van der Waals surface area (Å²) in [7, 11) is 0. The largest absolute Gasteiger partial charge is 0.294 e. The van der Waals surface area contributed by atoms with Crippen molar-refractivity contribution in [1.82, 2.24) is 5.48 Å². The van der Waals surface area contributed by atoms with E-state index in [1.165, 1.54) is 5.54 Å². The number of ketones is 2. The van der Waals surface area contributed by atoms with Crippen LogP contribution in [0.2, 0.25) is 0 Å². The molecular weight excluding hydrogens is 346 g/mol. The molecule has 1 fully saturated rings. The molecule has 1 aliphatic carbocycles. The molecule has 1 unspecified atom stereocenters. The predicted molar refractivity (Wildman–Crippen MR) is 101 cm³/mol. The van der Waals surface area contributed by atoms with Gasteiger partial charge in [0, 0.05) is 23.6 Å². The minimum Gasteiger partial charge on any atom is -0.294 e. The molecule has 24 heavy (non-hydrogen) atoms. The molecule has 0 aliphatic heterocycles. The van der Waals surface area contributed by atoms with Crippen LogP contribution in [0.4, 0.5) is 0 Å². The third-order valence-corrected chi connectivity index (χ3v) is 5.16. The van der Waals surface area contributed by atoms with Crippen molar-refractivity contribution in [2.24, 2.45) is 5.92 Å². The number of nitrogens with one attached hydrogen (secondary N) is 1. The lowest BCUT2D eigenvalue weighted by molar-refractivity contribution is -0.125. The van der Waals surface area contributed by atoms with Crippen molar-refractivity contribution in [2.45, 2.75) is 58.1 Å². The quantitative estimate of drug-likeness (QED) is 0.266. The Bertz CT molecular complexity index is 471. The molecule has 0 saturated heterocycles. The van der Waals surface area contributed by atoms with Gasteiger partial charge in [0.05, 0.1) is 17.9 Å². The number of carbonyl (C=O) groups excluding carboxylic acids is 2. The normalized spacial score (nSPS) is 19.8. The Labute approximate surface area is 154 Å². The standard InChI is InChI=1S/C18H28ClNO3S/c1-4-7-15(20-23-9-6-8-19)18-16(21)11-14(12-17(18)22)10-13(3)24-5-2/h6,8,13-14,20H,4-5,7,9-12H2,1-3H3. The van der Waals surface area contributed by atoms with Crippen molar-refractivity contribution in [3.63, 3.8) is 0 Å². The average Bonchev–Trinajstić information content (AvgIpc) is 2.51. The fourth-order valence-electron chi connectivity index (χ4n) is 2.97. The van der Waals surface area contributed by atoms with Crippen LogP contribution in [-0.2, 0) is 14.4 Å². The van der Waals surface area contributed by atoms with Gasteiger partial charge in [0.2, 0.25) is 0 Å². The number of hydrogen-bond acceptors (Lipinski definition) is 5. The first kappa shape index (κ1) is 21.3. The van der Waals surface area contributed by atoms with E-state index < -0.39 is 0 Å². The van der Waals surface area contributed by atoms with Gasteiger partial charge in [-0.2, -0.15) is 11.8 Å². The van der Waals surface area contributed by atoms with Gasteiger partial charge >= 0.3 is 0 Å². The van der Waals surface area contributed by atoms with Gasteiger partial charge in [0.1, 0.15) is 0 Å². The van der Waals surface area contributed by atoms with E-state index >= 15 is 0 Å². The maximum atomic E-state index is 12.5. The number of carbonyl (C=O) groups is 2. The van der Waals surface area contributed by atoms with Crippen LogP contribution in [0.25, 0.3) is 0 Å². The molecule has 0 aromatic rings. The zero-order chi connectivity index (χ0) is 17.9. The van der Waals surface area contributed by atoms with E-state index in [1.54, 1.807) is 6.08 Å². The summed E-state index contributed by atoms with van der Waals surface area (Å²) in [5.74, 6) is 1.10. The third kappa shape index (κ3) is 6.99. The zero-order valence-electron chi connectivity index (χ0n) is 14.8. The molecule has 0 spiro atoms. The highest BCUT2D eigenvalue weighted by Crippen LogP contribution is 2.31. The molecule has 1 atom stereocenters. The highest BCUT2D eigenvalue weighted by atomic mass is 35.5. The first-order valence-corrected chi connectivity index (χ1v) is 10.1. The van der Waals surface area contributed by atoms with E-state index in [0.29, 0.717) is 35.8 Å². The van der Waals surface area contributed by atoms with Gasteiger partial charge in [-0.15, -0.1) is 0 Å². The van der Waals surface area contributed by atoms with Crippen LogP contribution in [0.5, 0.6) is 0 Å². The summed E-state index contributed by atoms with van der Waals surface area (Å²) < 4.78 is 0. The van der Waals surface area contributed by atoms with Gasteiger partial charge in [0.25, 0.3) is 0 Å². The fourth-order valence-corrected chi connectivity index (χ4v) is 4.02. The Morgan fingerprint density at radius 1 is 1.38 bits per heavy atom. The molecule has 6 heteroatoms. The Morgan fingerprint density at radius 2 is 2.04 bits per heavy atom. The fraction of sp³-hybridized carbons (Fsp3) is 0.667. The van der Waals surface area contributed by atoms with Crippen LogP contribution in [0.1, 0.15) is 52.9 Å². The van der Waals surface area contributed by atoms with Gasteiger partial charge in [0.15, 0.2) is 11.6 Å². The highest BCUT2D eigenvalue weighted by Gasteiger charge is 2.33. The SMILES string of the molecule is CCCC(NOCC=CCl)=C1C(=O)CC(CC(C)SCC)CC1=O. The third-order valence-electron chi connectivity index (χ3n) is 3.89. The average molecular weight is 374 g/mol. The maximum absolute atomic E-state index is 12.5. The predicted octanol–water partition coefficient (Wildman–Crippen LogP) is 4.39. The Kier molecular flexibility index (Phi) is 10.4. The summed E-state index contributed by atoms with van der Waals surface area (Å²) in [6.45, 7) is 6.57. The van der Waals surface area contributed by atoms with Crippen LogP contribution in [0, 0.1) is 5.92 Å². The molecule has 0 aromatic carbocycles. The molecular formula is C18H28ClNO3S. The molecule has 0 aromatic heterocycles. The summed E-state index contributed by atoms with van der Waals surface area (Å²) in [5.41, 5.74) is 5.06. The number of halogens is 1. The lowest BCUT2D eigenvalue weighted by Crippen LogP contribution is -2.31. The summed E-state index contributed by atoms with van der Waals surface area (Å²) in [5, 5.41) is 0.477. The number of Topliss-reactive ketones (excluding diaryl/α,β-unsaturated/α-hetero) is 2.